The number of nitrogens with zero attached hydrogens (tertiary/aromatic N) is 4. The third-order valence-corrected chi connectivity index (χ3v) is 4.64. The molecule has 0 saturated carbocycles. The van der Waals surface area contributed by atoms with Crippen molar-refractivity contribution in [3.05, 3.63) is 58.9 Å². The van der Waals surface area contributed by atoms with Gasteiger partial charge < -0.3 is 4.57 Å². The zero-order valence-corrected chi connectivity index (χ0v) is 12.0. The van der Waals surface area contributed by atoms with E-state index in [0.29, 0.717) is 5.65 Å². The number of aromatic nitrogens is 4. The second kappa shape index (κ2) is 4.81. The Hall–Kier alpha value is -2.48. The number of sulfone groups is 1. The molecule has 0 aromatic carbocycles. The van der Waals surface area contributed by atoms with Gasteiger partial charge in [-0.1, -0.05) is 6.07 Å². The summed E-state index contributed by atoms with van der Waals surface area (Å²) < 4.78 is 27.4. The molecule has 3 aromatic heterocycles. The smallest absolute Gasteiger partial charge is 0.258 e. The van der Waals surface area contributed by atoms with Gasteiger partial charge in [0.15, 0.2) is 0 Å². The maximum Gasteiger partial charge on any atom is 0.258 e. The second-order valence-corrected chi connectivity index (χ2v) is 6.48. The molecule has 0 atom stereocenters. The molecule has 0 saturated heterocycles. The van der Waals surface area contributed by atoms with Crippen LogP contribution in [0.3, 0.4) is 0 Å². The van der Waals surface area contributed by atoms with Crippen LogP contribution in [0.2, 0.25) is 0 Å². The van der Waals surface area contributed by atoms with Crippen molar-refractivity contribution in [3.63, 3.8) is 0 Å². The van der Waals surface area contributed by atoms with Gasteiger partial charge >= 0.3 is 0 Å². The van der Waals surface area contributed by atoms with E-state index in [2.05, 4.69) is 9.97 Å². The van der Waals surface area contributed by atoms with Crippen LogP contribution in [0.4, 0.5) is 0 Å². The molecule has 108 valence electrons. The summed E-state index contributed by atoms with van der Waals surface area (Å²) in [7, 11) is -2.05. The first-order valence-corrected chi connectivity index (χ1v) is 7.80. The predicted molar refractivity (Wildman–Crippen MR) is 75.6 cm³/mol. The van der Waals surface area contributed by atoms with Crippen molar-refractivity contribution >= 4 is 15.5 Å². The minimum absolute atomic E-state index is 0.0439. The Bertz CT molecular complexity index is 972. The van der Waals surface area contributed by atoms with Crippen molar-refractivity contribution in [1.29, 1.82) is 0 Å². The number of rotatable bonds is 3. The van der Waals surface area contributed by atoms with Crippen LogP contribution >= 0.6 is 0 Å². The lowest BCUT2D eigenvalue weighted by atomic mass is 10.4. The van der Waals surface area contributed by atoms with E-state index in [1.807, 2.05) is 0 Å². The minimum Gasteiger partial charge on any atom is -0.325 e. The molecule has 0 fully saturated rings. The zero-order chi connectivity index (χ0) is 15.0. The maximum atomic E-state index is 12.3. The van der Waals surface area contributed by atoms with E-state index in [1.165, 1.54) is 21.2 Å². The van der Waals surface area contributed by atoms with Gasteiger partial charge in [0, 0.05) is 31.7 Å². The molecule has 0 amide bonds. The topological polar surface area (TPSA) is 86.3 Å². The zero-order valence-electron chi connectivity index (χ0n) is 11.2. The van der Waals surface area contributed by atoms with E-state index < -0.39 is 9.84 Å². The summed E-state index contributed by atoms with van der Waals surface area (Å²) in [5.41, 5.74) is 0.301. The van der Waals surface area contributed by atoms with E-state index in [4.69, 9.17) is 0 Å². The van der Waals surface area contributed by atoms with E-state index in [9.17, 15) is 13.2 Å². The molecule has 3 aromatic rings. The molecule has 0 radical (unpaired) electrons. The van der Waals surface area contributed by atoms with Crippen LogP contribution in [-0.2, 0) is 22.6 Å². The lowest BCUT2D eigenvalue weighted by Gasteiger charge is -2.05. The van der Waals surface area contributed by atoms with Crippen LogP contribution in [-0.4, -0.2) is 27.4 Å². The first-order chi connectivity index (χ1) is 9.97. The van der Waals surface area contributed by atoms with Gasteiger partial charge in [-0.05, 0) is 12.1 Å². The molecule has 7 nitrogen and oxygen atoms in total. The summed E-state index contributed by atoms with van der Waals surface area (Å²) in [5, 5.41) is -0.0439. The van der Waals surface area contributed by atoms with Crippen LogP contribution in [0.1, 0.15) is 5.69 Å². The monoisotopic (exact) mass is 304 g/mol. The van der Waals surface area contributed by atoms with Crippen LogP contribution in [0.15, 0.2) is 52.8 Å². The first-order valence-electron chi connectivity index (χ1n) is 6.15. The molecule has 0 N–H and O–H groups in total. The third-order valence-electron chi connectivity index (χ3n) is 3.02. The van der Waals surface area contributed by atoms with Gasteiger partial charge in [-0.25, -0.2) is 18.4 Å². The van der Waals surface area contributed by atoms with Crippen LogP contribution in [0.25, 0.3) is 5.65 Å². The highest BCUT2D eigenvalue weighted by molar-refractivity contribution is 7.90. The Morgan fingerprint density at radius 1 is 1.24 bits per heavy atom. The van der Waals surface area contributed by atoms with Crippen molar-refractivity contribution in [3.8, 4) is 0 Å². The van der Waals surface area contributed by atoms with Gasteiger partial charge in [-0.2, -0.15) is 0 Å². The van der Waals surface area contributed by atoms with Gasteiger partial charge in [-0.3, -0.25) is 9.20 Å². The molecule has 0 unspecified atom stereocenters. The molecular weight excluding hydrogens is 292 g/mol. The molecule has 21 heavy (non-hydrogen) atoms. The van der Waals surface area contributed by atoms with Gasteiger partial charge in [-0.15, -0.1) is 0 Å². The molecule has 0 spiro atoms. The lowest BCUT2D eigenvalue weighted by molar-refractivity contribution is 0.577. The third kappa shape index (κ3) is 2.45. The predicted octanol–water partition coefficient (Wildman–Crippen LogP) is 0.402. The molecule has 3 heterocycles. The number of fused-ring (bicyclic) bond motifs is 1. The fourth-order valence-corrected chi connectivity index (χ4v) is 3.48. The number of aryl methyl sites for hydroxylation is 1. The van der Waals surface area contributed by atoms with E-state index >= 15 is 0 Å². The van der Waals surface area contributed by atoms with Crippen LogP contribution in [0, 0.1) is 0 Å². The normalized spacial score (nSPS) is 11.9. The summed E-state index contributed by atoms with van der Waals surface area (Å²) in [6.45, 7) is 0. The van der Waals surface area contributed by atoms with E-state index in [1.54, 1.807) is 37.6 Å². The summed E-state index contributed by atoms with van der Waals surface area (Å²) in [5.74, 6) is -0.363. The van der Waals surface area contributed by atoms with Crippen molar-refractivity contribution < 1.29 is 8.42 Å². The average molecular weight is 304 g/mol. The molecular formula is C13H12N4O3S. The largest absolute Gasteiger partial charge is 0.325 e. The highest BCUT2D eigenvalue weighted by atomic mass is 32.2. The quantitative estimate of drug-likeness (QED) is 0.699. The summed E-state index contributed by atoms with van der Waals surface area (Å²) in [6.07, 6.45) is 4.55. The van der Waals surface area contributed by atoms with Gasteiger partial charge in [0.05, 0.1) is 5.69 Å². The Labute approximate surface area is 120 Å². The van der Waals surface area contributed by atoms with Crippen molar-refractivity contribution in [2.24, 2.45) is 7.05 Å². The second-order valence-electron chi connectivity index (χ2n) is 4.59. The maximum absolute atomic E-state index is 12.3. The average Bonchev–Trinajstić information content (AvgIpc) is 2.85. The molecule has 8 heteroatoms. The van der Waals surface area contributed by atoms with Gasteiger partial charge in [0.1, 0.15) is 11.4 Å². The SMILES string of the molecule is Cn1ccnc1S(=O)(=O)Cc1cc(=O)n2ccccc2n1. The highest BCUT2D eigenvalue weighted by Crippen LogP contribution is 2.12. The Kier molecular flexibility index (Phi) is 3.09. The van der Waals surface area contributed by atoms with Gasteiger partial charge in [0.2, 0.25) is 15.0 Å². The molecule has 3 rings (SSSR count). The van der Waals surface area contributed by atoms with Crippen molar-refractivity contribution in [1.82, 2.24) is 18.9 Å². The Morgan fingerprint density at radius 3 is 2.76 bits per heavy atom. The summed E-state index contributed by atoms with van der Waals surface area (Å²) in [6, 6.07) is 6.32. The van der Waals surface area contributed by atoms with Crippen molar-refractivity contribution in [2.75, 3.05) is 0 Å². The molecule has 0 aliphatic carbocycles. The number of imidazole rings is 1. The fourth-order valence-electron chi connectivity index (χ4n) is 2.09. The number of hydrogen-bond acceptors (Lipinski definition) is 5. The molecule has 0 aliphatic rings. The highest BCUT2D eigenvalue weighted by Gasteiger charge is 2.21. The first kappa shape index (κ1) is 13.5. The molecule has 0 bridgehead atoms. The van der Waals surface area contributed by atoms with Crippen molar-refractivity contribution in [2.45, 2.75) is 10.9 Å². The number of hydrogen-bond donors (Lipinski definition) is 0. The lowest BCUT2D eigenvalue weighted by Crippen LogP contribution is -2.18. The fraction of sp³-hybridized carbons (Fsp3) is 0.154. The Balaban J connectivity index is 2.07. The van der Waals surface area contributed by atoms with E-state index in [0.717, 1.165) is 0 Å². The number of pyridine rings is 1. The van der Waals surface area contributed by atoms with Crippen LogP contribution < -0.4 is 5.56 Å². The standard InChI is InChI=1S/C13H12N4O3S/c1-16-7-5-14-13(16)21(19,20)9-10-8-12(18)17-6-3-2-4-11(17)15-10/h2-8H,9H2,1H3. The summed E-state index contributed by atoms with van der Waals surface area (Å²) in [4.78, 5) is 20.0. The van der Waals surface area contributed by atoms with E-state index in [-0.39, 0.29) is 22.2 Å². The molecule has 0 aliphatic heterocycles. The van der Waals surface area contributed by atoms with Gasteiger partial charge in [0.25, 0.3) is 5.56 Å². The van der Waals surface area contributed by atoms with Crippen LogP contribution in [0.5, 0.6) is 0 Å². The summed E-state index contributed by atoms with van der Waals surface area (Å²) >= 11 is 0. The Morgan fingerprint density at radius 2 is 2.05 bits per heavy atom. The minimum atomic E-state index is -3.64.